The highest BCUT2D eigenvalue weighted by Crippen LogP contribution is 2.40. The number of nitrogens with one attached hydrogen (secondary N) is 3. The molecule has 3 atom stereocenters. The Morgan fingerprint density at radius 1 is 0.738 bits per heavy atom. The molecule has 4 heterocycles. The van der Waals surface area contributed by atoms with Gasteiger partial charge in [-0.3, -0.25) is 24.5 Å². The van der Waals surface area contributed by atoms with Gasteiger partial charge in [0, 0.05) is 81.5 Å². The molecule has 3 N–H and O–H groups in total. The summed E-state index contributed by atoms with van der Waals surface area (Å²) in [6.45, 7) is 16.3. The molecular weight excluding hydrogens is 1030 g/mol. The van der Waals surface area contributed by atoms with Crippen LogP contribution in [0.15, 0.2) is 110 Å². The number of methoxy groups -OCH3 is 1. The smallest absolute Gasteiger partial charge is 0.241 e. The van der Waals surface area contributed by atoms with Crippen molar-refractivity contribution in [3.63, 3.8) is 0 Å². The second kappa shape index (κ2) is 33.8. The molecule has 0 radical (unpaired) electrons. The molecule has 5 aromatic rings. The minimum absolute atomic E-state index is 0.0801. The quantitative estimate of drug-likeness (QED) is 0.0385. The van der Waals surface area contributed by atoms with Gasteiger partial charge < -0.3 is 63.5 Å². The first-order valence-corrected chi connectivity index (χ1v) is 27.9. The van der Waals surface area contributed by atoms with Gasteiger partial charge in [-0.25, -0.2) is 4.39 Å². The number of halogens is 1. The topological polar surface area (TPSA) is 186 Å². The number of nitrogens with zero attached hydrogens (tertiary/aromatic N) is 4. The number of carbonyl (C=O) groups is 2. The summed E-state index contributed by atoms with van der Waals surface area (Å²) in [5.74, 6) is 0.293. The molecule has 3 aromatic carbocycles. The second-order valence-electron chi connectivity index (χ2n) is 20.5. The number of ether oxygens (including phenoxy) is 9. The minimum Gasteiger partial charge on any atom is -0.491 e. The van der Waals surface area contributed by atoms with Crippen molar-refractivity contribution in [3.05, 3.63) is 138 Å². The average Bonchev–Trinajstić information content (AvgIpc) is 3.91. The number of fused-ring (bicyclic) bond motifs is 1. The van der Waals surface area contributed by atoms with Gasteiger partial charge in [-0.15, -0.1) is 0 Å². The summed E-state index contributed by atoms with van der Waals surface area (Å²) >= 11 is 0. The fraction of sp³-hybridized carbons (Fsp3) is 0.508. The molecule has 7 rings (SSSR count). The van der Waals surface area contributed by atoms with Gasteiger partial charge in [0.1, 0.15) is 18.2 Å². The van der Waals surface area contributed by atoms with E-state index in [1.165, 1.54) is 12.1 Å². The summed E-state index contributed by atoms with van der Waals surface area (Å²) in [4.78, 5) is 40.4. The zero-order valence-corrected chi connectivity index (χ0v) is 47.0. The molecular formula is C61H82FN7O11. The second-order valence-corrected chi connectivity index (χ2v) is 20.5. The van der Waals surface area contributed by atoms with Gasteiger partial charge in [0.2, 0.25) is 11.8 Å². The number of rotatable bonds is 37. The zero-order valence-electron chi connectivity index (χ0n) is 47.0. The van der Waals surface area contributed by atoms with Crippen LogP contribution in [0.5, 0.6) is 5.75 Å². The predicted molar refractivity (Wildman–Crippen MR) is 305 cm³/mol. The van der Waals surface area contributed by atoms with E-state index in [9.17, 15) is 14.0 Å². The highest BCUT2D eigenvalue weighted by atomic mass is 19.1. The van der Waals surface area contributed by atoms with E-state index in [1.54, 1.807) is 31.6 Å². The number of benzene rings is 3. The molecule has 2 aromatic heterocycles. The SMILES string of the molecule is COC[C@H]1CN[C@H](C)CN1CC(=O)N1CC(C)(C)c2ncc(Cc3ccccc3OCCOCCOCCOCCOCCOCCOCCOCCN[C@H](Cc3cccc(F)c3)C(=O)Nc3ccc(-c4ccncc4)cc3)cc21. The number of aromatic nitrogens is 2. The molecule has 434 valence electrons. The maximum Gasteiger partial charge on any atom is 0.241 e. The molecule has 1 saturated heterocycles. The number of anilines is 2. The Morgan fingerprint density at radius 3 is 1.99 bits per heavy atom. The van der Waals surface area contributed by atoms with Gasteiger partial charge in [-0.05, 0) is 89.7 Å². The van der Waals surface area contributed by atoms with Crippen LogP contribution in [0.4, 0.5) is 15.8 Å². The van der Waals surface area contributed by atoms with Crippen molar-refractivity contribution in [1.29, 1.82) is 0 Å². The summed E-state index contributed by atoms with van der Waals surface area (Å²) in [5, 5.41) is 9.75. The summed E-state index contributed by atoms with van der Waals surface area (Å²) in [6.07, 6.45) is 6.33. The van der Waals surface area contributed by atoms with Crippen LogP contribution in [0.2, 0.25) is 0 Å². The summed E-state index contributed by atoms with van der Waals surface area (Å²) in [6, 6.07) is 27.7. The normalized spacial score (nSPS) is 16.4. The first-order valence-electron chi connectivity index (χ1n) is 27.9. The number of hydrogen-bond acceptors (Lipinski definition) is 16. The Morgan fingerprint density at radius 2 is 1.35 bits per heavy atom. The van der Waals surface area contributed by atoms with Crippen molar-refractivity contribution < 1.29 is 56.6 Å². The molecule has 2 aliphatic heterocycles. The minimum atomic E-state index is -0.609. The lowest BCUT2D eigenvalue weighted by molar-refractivity contribution is -0.121. The Bertz CT molecular complexity index is 2600. The number of amides is 2. The van der Waals surface area contributed by atoms with Crippen LogP contribution < -0.4 is 25.6 Å². The van der Waals surface area contributed by atoms with E-state index in [0.717, 1.165) is 52.5 Å². The zero-order chi connectivity index (χ0) is 56.2. The maximum atomic E-state index is 14.0. The Kier molecular flexibility index (Phi) is 26.1. The molecule has 2 aliphatic rings. The highest BCUT2D eigenvalue weighted by Gasteiger charge is 2.41. The third-order valence-corrected chi connectivity index (χ3v) is 13.7. The molecule has 0 spiro atoms. The van der Waals surface area contributed by atoms with Crippen LogP contribution in [-0.2, 0) is 65.7 Å². The fourth-order valence-corrected chi connectivity index (χ4v) is 9.56. The number of hydrogen-bond donors (Lipinski definition) is 3. The van der Waals surface area contributed by atoms with Crippen LogP contribution in [-0.4, -0.2) is 190 Å². The van der Waals surface area contributed by atoms with Crippen LogP contribution >= 0.6 is 0 Å². The summed E-state index contributed by atoms with van der Waals surface area (Å²) in [5.41, 5.74) is 7.04. The molecule has 0 unspecified atom stereocenters. The van der Waals surface area contributed by atoms with E-state index in [4.69, 9.17) is 47.6 Å². The van der Waals surface area contributed by atoms with Crippen LogP contribution in [0.3, 0.4) is 0 Å². The van der Waals surface area contributed by atoms with E-state index in [2.05, 4.69) is 58.7 Å². The van der Waals surface area contributed by atoms with Crippen molar-refractivity contribution in [1.82, 2.24) is 25.5 Å². The molecule has 1 fully saturated rings. The summed E-state index contributed by atoms with van der Waals surface area (Å²) < 4.78 is 65.2. The molecule has 0 bridgehead atoms. The third-order valence-electron chi connectivity index (χ3n) is 13.7. The molecule has 80 heavy (non-hydrogen) atoms. The van der Waals surface area contributed by atoms with Gasteiger partial charge in [0.05, 0.1) is 123 Å². The van der Waals surface area contributed by atoms with E-state index in [-0.39, 0.29) is 29.1 Å². The van der Waals surface area contributed by atoms with Crippen LogP contribution in [0.1, 0.15) is 43.2 Å². The van der Waals surface area contributed by atoms with E-state index in [1.807, 2.05) is 65.7 Å². The number of pyridine rings is 2. The van der Waals surface area contributed by atoms with Gasteiger partial charge in [-0.2, -0.15) is 0 Å². The molecule has 0 aliphatic carbocycles. The predicted octanol–water partition coefficient (Wildman–Crippen LogP) is 6.14. The Hall–Kier alpha value is -5.81. The van der Waals surface area contributed by atoms with Crippen molar-refractivity contribution in [2.45, 2.75) is 57.2 Å². The Balaban J connectivity index is 0.657. The van der Waals surface area contributed by atoms with E-state index < -0.39 is 6.04 Å². The largest absolute Gasteiger partial charge is 0.491 e. The van der Waals surface area contributed by atoms with Crippen molar-refractivity contribution in [2.24, 2.45) is 0 Å². The molecule has 0 saturated carbocycles. The molecule has 18 nitrogen and oxygen atoms in total. The van der Waals surface area contributed by atoms with Gasteiger partial charge >= 0.3 is 0 Å². The lowest BCUT2D eigenvalue weighted by atomic mass is 9.91. The highest BCUT2D eigenvalue weighted by molar-refractivity contribution is 5.97. The number of carbonyl (C=O) groups excluding carboxylic acids is 2. The molecule has 2 amide bonds. The first kappa shape index (κ1) is 61.8. The van der Waals surface area contributed by atoms with Crippen LogP contribution in [0, 0.1) is 5.82 Å². The van der Waals surface area contributed by atoms with E-state index >= 15 is 0 Å². The van der Waals surface area contributed by atoms with Gasteiger partial charge in [0.25, 0.3) is 0 Å². The number of para-hydroxylation sites is 1. The van der Waals surface area contributed by atoms with E-state index in [0.29, 0.717) is 155 Å². The maximum absolute atomic E-state index is 14.0. The lowest BCUT2D eigenvalue weighted by Crippen LogP contribution is -2.59. The fourth-order valence-electron chi connectivity index (χ4n) is 9.56. The van der Waals surface area contributed by atoms with Crippen molar-refractivity contribution in [2.75, 3.05) is 156 Å². The van der Waals surface area contributed by atoms with Gasteiger partial charge in [-0.1, -0.05) is 56.3 Å². The Labute approximate surface area is 471 Å². The first-order chi connectivity index (χ1) is 39.1. The standard InChI is InChI=1S/C61H82FN7O11/c1-46-42-68(54(41-65-46)44-72-4)43-58(70)69-45-61(2,3)59-56(69)39-48(40-66-59)36-51-9-5-6-11-57(51)80-35-34-79-33-32-78-31-30-77-29-28-76-27-26-75-25-24-74-23-22-73-21-20-64-55(38-47-8-7-10-52(62)37-47)60(71)67-53-14-12-49(13-15-53)50-16-18-63-19-17-50/h5-19,37,39-40,46,54-55,64-65H,20-36,38,41-45H2,1-4H3,(H,67,71)/t46-,54-,55-/m1/s1. The molecule has 19 heteroatoms. The lowest BCUT2D eigenvalue weighted by Gasteiger charge is -2.39. The summed E-state index contributed by atoms with van der Waals surface area (Å²) in [7, 11) is 1.71. The third kappa shape index (κ3) is 20.6. The number of piperazine rings is 1. The van der Waals surface area contributed by atoms with Crippen molar-refractivity contribution in [3.8, 4) is 16.9 Å². The van der Waals surface area contributed by atoms with Gasteiger partial charge in [0.15, 0.2) is 0 Å². The van der Waals surface area contributed by atoms with Crippen molar-refractivity contribution >= 4 is 23.2 Å². The van der Waals surface area contributed by atoms with Crippen LogP contribution in [0.25, 0.3) is 11.1 Å². The average molecular weight is 1110 g/mol. The monoisotopic (exact) mass is 1110 g/mol.